The second-order valence-corrected chi connectivity index (χ2v) is 6.11. The van der Waals surface area contributed by atoms with Crippen molar-refractivity contribution in [3.8, 4) is 0 Å². The van der Waals surface area contributed by atoms with Gasteiger partial charge in [-0.05, 0) is 44.4 Å². The molecule has 0 unspecified atom stereocenters. The molecule has 3 N–H and O–H groups in total. The van der Waals surface area contributed by atoms with Crippen LogP contribution in [-0.4, -0.2) is 34.5 Å². The molecule has 0 aromatic heterocycles. The van der Waals surface area contributed by atoms with Crippen molar-refractivity contribution in [1.29, 1.82) is 0 Å². The van der Waals surface area contributed by atoms with E-state index < -0.39 is 11.2 Å². The second-order valence-electron chi connectivity index (χ2n) is 6.11. The van der Waals surface area contributed by atoms with E-state index in [0.29, 0.717) is 13.1 Å². The van der Waals surface area contributed by atoms with E-state index in [1.54, 1.807) is 0 Å². The minimum absolute atomic E-state index is 0.548. The Morgan fingerprint density at radius 3 is 2.17 bits per heavy atom. The van der Waals surface area contributed by atoms with Crippen LogP contribution in [0.5, 0.6) is 0 Å². The van der Waals surface area contributed by atoms with Crippen molar-refractivity contribution < 1.29 is 10.2 Å². The van der Waals surface area contributed by atoms with Gasteiger partial charge in [0.05, 0.1) is 11.2 Å². The van der Waals surface area contributed by atoms with E-state index >= 15 is 0 Å². The molecule has 0 bridgehead atoms. The predicted octanol–water partition coefficient (Wildman–Crippen LogP) is 2.46. The SMILES string of the molecule is CCC1CCC(O)(CNCC(O)(CC)CC)CC1. The van der Waals surface area contributed by atoms with Crippen LogP contribution in [-0.2, 0) is 0 Å². The van der Waals surface area contributed by atoms with Crippen molar-refractivity contribution in [1.82, 2.24) is 5.32 Å². The summed E-state index contributed by atoms with van der Waals surface area (Å²) in [4.78, 5) is 0. The molecule has 0 saturated heterocycles. The van der Waals surface area contributed by atoms with Crippen LogP contribution in [0.25, 0.3) is 0 Å². The van der Waals surface area contributed by atoms with Crippen LogP contribution in [0.1, 0.15) is 65.7 Å². The highest BCUT2D eigenvalue weighted by Gasteiger charge is 2.33. The minimum atomic E-state index is -0.614. The first-order valence-corrected chi connectivity index (χ1v) is 7.62. The molecular formula is C15H31NO2. The van der Waals surface area contributed by atoms with Crippen molar-refractivity contribution in [2.24, 2.45) is 5.92 Å². The molecule has 1 saturated carbocycles. The van der Waals surface area contributed by atoms with E-state index in [0.717, 1.165) is 44.4 Å². The zero-order valence-corrected chi connectivity index (χ0v) is 12.3. The Morgan fingerprint density at radius 2 is 1.72 bits per heavy atom. The Bertz CT molecular complexity index is 231. The zero-order valence-electron chi connectivity index (χ0n) is 12.3. The van der Waals surface area contributed by atoms with Gasteiger partial charge in [-0.25, -0.2) is 0 Å². The molecule has 0 atom stereocenters. The Kier molecular flexibility index (Phi) is 6.09. The molecule has 1 fully saturated rings. The van der Waals surface area contributed by atoms with Gasteiger partial charge in [0.1, 0.15) is 0 Å². The first-order chi connectivity index (χ1) is 8.47. The number of hydrogen-bond donors (Lipinski definition) is 3. The molecule has 18 heavy (non-hydrogen) atoms. The topological polar surface area (TPSA) is 52.5 Å². The predicted molar refractivity (Wildman–Crippen MR) is 75.6 cm³/mol. The van der Waals surface area contributed by atoms with Gasteiger partial charge in [0.15, 0.2) is 0 Å². The summed E-state index contributed by atoms with van der Waals surface area (Å²) in [6.07, 6.45) is 6.82. The number of rotatable bonds is 7. The van der Waals surface area contributed by atoms with Gasteiger partial charge < -0.3 is 15.5 Å². The summed E-state index contributed by atoms with van der Waals surface area (Å²) < 4.78 is 0. The molecule has 0 aromatic carbocycles. The molecular weight excluding hydrogens is 226 g/mol. The number of aliphatic hydroxyl groups is 2. The van der Waals surface area contributed by atoms with Gasteiger partial charge in [-0.15, -0.1) is 0 Å². The third-order valence-electron chi connectivity index (χ3n) is 4.84. The summed E-state index contributed by atoms with van der Waals surface area (Å²) in [6.45, 7) is 7.44. The first kappa shape index (κ1) is 15.9. The first-order valence-electron chi connectivity index (χ1n) is 7.62. The van der Waals surface area contributed by atoms with E-state index in [1.165, 1.54) is 6.42 Å². The lowest BCUT2D eigenvalue weighted by atomic mass is 9.78. The van der Waals surface area contributed by atoms with E-state index in [1.807, 2.05) is 13.8 Å². The maximum atomic E-state index is 10.5. The lowest BCUT2D eigenvalue weighted by Crippen LogP contribution is -2.48. The highest BCUT2D eigenvalue weighted by molar-refractivity contribution is 4.88. The average Bonchev–Trinajstić information content (AvgIpc) is 2.39. The maximum Gasteiger partial charge on any atom is 0.0771 e. The van der Waals surface area contributed by atoms with Gasteiger partial charge in [-0.3, -0.25) is 0 Å². The third-order valence-corrected chi connectivity index (χ3v) is 4.84. The van der Waals surface area contributed by atoms with Crippen LogP contribution in [0.3, 0.4) is 0 Å². The van der Waals surface area contributed by atoms with Crippen LogP contribution in [0.2, 0.25) is 0 Å². The lowest BCUT2D eigenvalue weighted by molar-refractivity contribution is -0.0187. The summed E-state index contributed by atoms with van der Waals surface area (Å²) in [5.41, 5.74) is -1.16. The van der Waals surface area contributed by atoms with Crippen molar-refractivity contribution in [3.63, 3.8) is 0 Å². The monoisotopic (exact) mass is 257 g/mol. The average molecular weight is 257 g/mol. The fraction of sp³-hybridized carbons (Fsp3) is 1.00. The van der Waals surface area contributed by atoms with Crippen molar-refractivity contribution in [2.75, 3.05) is 13.1 Å². The molecule has 0 heterocycles. The van der Waals surface area contributed by atoms with Gasteiger partial charge in [-0.1, -0.05) is 27.2 Å². The van der Waals surface area contributed by atoms with E-state index in [9.17, 15) is 10.2 Å². The Labute approximate surface area is 112 Å². The van der Waals surface area contributed by atoms with Crippen LogP contribution < -0.4 is 5.32 Å². The summed E-state index contributed by atoms with van der Waals surface area (Å²) in [5, 5.41) is 23.9. The van der Waals surface area contributed by atoms with Crippen LogP contribution in [0.4, 0.5) is 0 Å². The normalized spacial score (nSPS) is 29.5. The summed E-state index contributed by atoms with van der Waals surface area (Å²) in [5.74, 6) is 0.800. The van der Waals surface area contributed by atoms with E-state index in [4.69, 9.17) is 0 Å². The summed E-state index contributed by atoms with van der Waals surface area (Å²) in [6, 6.07) is 0. The fourth-order valence-electron chi connectivity index (χ4n) is 2.83. The molecule has 0 aliphatic heterocycles. The molecule has 1 rings (SSSR count). The van der Waals surface area contributed by atoms with Crippen LogP contribution in [0.15, 0.2) is 0 Å². The number of hydrogen-bond acceptors (Lipinski definition) is 3. The Morgan fingerprint density at radius 1 is 1.17 bits per heavy atom. The van der Waals surface area contributed by atoms with Gasteiger partial charge in [0, 0.05) is 13.1 Å². The molecule has 0 aromatic rings. The summed E-state index contributed by atoms with van der Waals surface area (Å²) in [7, 11) is 0. The molecule has 0 radical (unpaired) electrons. The quantitative estimate of drug-likeness (QED) is 0.656. The molecule has 108 valence electrons. The highest BCUT2D eigenvalue weighted by Crippen LogP contribution is 2.33. The Hall–Kier alpha value is -0.120. The standard InChI is InChI=1S/C15H31NO2/c1-4-13-7-9-15(18,10-8-13)12-16-11-14(17,5-2)6-3/h13,16-18H,4-12H2,1-3H3. The number of nitrogens with one attached hydrogen (secondary N) is 1. The fourth-order valence-corrected chi connectivity index (χ4v) is 2.83. The molecule has 0 spiro atoms. The minimum Gasteiger partial charge on any atom is -0.389 e. The van der Waals surface area contributed by atoms with Gasteiger partial charge in [-0.2, -0.15) is 0 Å². The molecule has 1 aliphatic rings. The summed E-state index contributed by atoms with van der Waals surface area (Å²) >= 11 is 0. The molecule has 0 amide bonds. The smallest absolute Gasteiger partial charge is 0.0771 e. The third kappa shape index (κ3) is 4.52. The van der Waals surface area contributed by atoms with Gasteiger partial charge in [0.25, 0.3) is 0 Å². The molecule has 3 heteroatoms. The van der Waals surface area contributed by atoms with Gasteiger partial charge >= 0.3 is 0 Å². The largest absolute Gasteiger partial charge is 0.389 e. The van der Waals surface area contributed by atoms with E-state index in [2.05, 4.69) is 12.2 Å². The highest BCUT2D eigenvalue weighted by atomic mass is 16.3. The molecule has 3 nitrogen and oxygen atoms in total. The van der Waals surface area contributed by atoms with Crippen molar-refractivity contribution >= 4 is 0 Å². The molecule has 1 aliphatic carbocycles. The van der Waals surface area contributed by atoms with Crippen molar-refractivity contribution in [2.45, 2.75) is 76.9 Å². The van der Waals surface area contributed by atoms with Crippen LogP contribution in [0, 0.1) is 5.92 Å². The maximum absolute atomic E-state index is 10.5. The second kappa shape index (κ2) is 6.88. The van der Waals surface area contributed by atoms with Crippen LogP contribution >= 0.6 is 0 Å². The lowest BCUT2D eigenvalue weighted by Gasteiger charge is -2.37. The zero-order chi connectivity index (χ0) is 13.6. The van der Waals surface area contributed by atoms with Gasteiger partial charge in [0.2, 0.25) is 0 Å². The van der Waals surface area contributed by atoms with E-state index in [-0.39, 0.29) is 0 Å². The van der Waals surface area contributed by atoms with Crippen molar-refractivity contribution in [3.05, 3.63) is 0 Å². The Balaban J connectivity index is 2.31.